The van der Waals surface area contributed by atoms with Crippen molar-refractivity contribution in [2.45, 2.75) is 58.5 Å². The first-order valence-corrected chi connectivity index (χ1v) is 7.63. The second-order valence-corrected chi connectivity index (χ2v) is 6.37. The van der Waals surface area contributed by atoms with Crippen molar-refractivity contribution < 1.29 is 4.79 Å². The molecule has 1 unspecified atom stereocenters. The summed E-state index contributed by atoms with van der Waals surface area (Å²) in [4.78, 5) is 16.4. The summed E-state index contributed by atoms with van der Waals surface area (Å²) < 4.78 is 0. The van der Waals surface area contributed by atoms with Gasteiger partial charge in [0.25, 0.3) is 0 Å². The number of carbonyl (C=O) groups excluding carboxylic acids is 1. The van der Waals surface area contributed by atoms with Gasteiger partial charge in [0.05, 0.1) is 0 Å². The van der Waals surface area contributed by atoms with Crippen LogP contribution in [0.15, 0.2) is 0 Å². The molecule has 0 bridgehead atoms. The standard InChI is InChI=1S/C15H31N3O/c1-12(2)17(4)11-14-7-9-18(10-8-14)15(19)6-5-13(3)16/h12-14H,5-11,16H2,1-4H3. The second-order valence-electron chi connectivity index (χ2n) is 6.37. The van der Waals surface area contributed by atoms with Gasteiger partial charge in [-0.05, 0) is 53.0 Å². The predicted octanol–water partition coefficient (Wildman–Crippen LogP) is 1.69. The Bertz CT molecular complexity index is 271. The molecule has 0 spiro atoms. The van der Waals surface area contributed by atoms with Crippen LogP contribution >= 0.6 is 0 Å². The molecule has 4 nitrogen and oxygen atoms in total. The Labute approximate surface area is 118 Å². The van der Waals surface area contributed by atoms with Crippen molar-refractivity contribution in [1.82, 2.24) is 9.80 Å². The van der Waals surface area contributed by atoms with E-state index >= 15 is 0 Å². The van der Waals surface area contributed by atoms with E-state index in [2.05, 4.69) is 25.8 Å². The third-order valence-electron chi connectivity index (χ3n) is 4.21. The van der Waals surface area contributed by atoms with Crippen LogP contribution in [0, 0.1) is 5.92 Å². The fourth-order valence-corrected chi connectivity index (χ4v) is 2.49. The van der Waals surface area contributed by atoms with E-state index < -0.39 is 0 Å². The van der Waals surface area contributed by atoms with Crippen LogP contribution in [0.2, 0.25) is 0 Å². The van der Waals surface area contributed by atoms with E-state index in [4.69, 9.17) is 5.73 Å². The Kier molecular flexibility index (Phi) is 6.80. The molecule has 1 rings (SSSR count). The topological polar surface area (TPSA) is 49.6 Å². The first-order chi connectivity index (χ1) is 8.90. The number of nitrogens with two attached hydrogens (primary N) is 1. The molecule has 19 heavy (non-hydrogen) atoms. The number of hydrogen-bond donors (Lipinski definition) is 1. The van der Waals surface area contributed by atoms with Gasteiger partial charge in [-0.25, -0.2) is 0 Å². The number of hydrogen-bond acceptors (Lipinski definition) is 3. The largest absolute Gasteiger partial charge is 0.343 e. The molecule has 4 heteroatoms. The van der Waals surface area contributed by atoms with Gasteiger partial charge in [-0.2, -0.15) is 0 Å². The number of rotatable bonds is 6. The maximum atomic E-state index is 12.0. The number of nitrogens with zero attached hydrogens (tertiary/aromatic N) is 2. The smallest absolute Gasteiger partial charge is 0.222 e. The van der Waals surface area contributed by atoms with Crippen LogP contribution in [-0.4, -0.2) is 54.5 Å². The first-order valence-electron chi connectivity index (χ1n) is 7.63. The molecule has 0 aromatic carbocycles. The van der Waals surface area contributed by atoms with Crippen molar-refractivity contribution >= 4 is 5.91 Å². The van der Waals surface area contributed by atoms with Crippen molar-refractivity contribution in [3.63, 3.8) is 0 Å². The molecular formula is C15H31N3O. The maximum Gasteiger partial charge on any atom is 0.222 e. The third kappa shape index (κ3) is 5.91. The van der Waals surface area contributed by atoms with Crippen LogP contribution in [-0.2, 0) is 4.79 Å². The van der Waals surface area contributed by atoms with E-state index in [-0.39, 0.29) is 11.9 Å². The molecular weight excluding hydrogens is 238 g/mol. The number of piperidine rings is 1. The van der Waals surface area contributed by atoms with E-state index in [1.165, 1.54) is 0 Å². The summed E-state index contributed by atoms with van der Waals surface area (Å²) in [5.41, 5.74) is 5.70. The molecule has 0 aromatic heterocycles. The summed E-state index contributed by atoms with van der Waals surface area (Å²) in [6.45, 7) is 9.42. The number of amides is 1. The second kappa shape index (κ2) is 7.85. The van der Waals surface area contributed by atoms with Crippen LogP contribution in [0.25, 0.3) is 0 Å². The lowest BCUT2D eigenvalue weighted by molar-refractivity contribution is -0.132. The minimum absolute atomic E-state index is 0.126. The van der Waals surface area contributed by atoms with Crippen LogP contribution in [0.4, 0.5) is 0 Å². The van der Waals surface area contributed by atoms with Gasteiger partial charge in [-0.15, -0.1) is 0 Å². The van der Waals surface area contributed by atoms with Crippen LogP contribution in [0.3, 0.4) is 0 Å². The molecule has 1 amide bonds. The molecule has 1 aliphatic heterocycles. The summed E-state index contributed by atoms with van der Waals surface area (Å²) in [6.07, 6.45) is 3.69. The van der Waals surface area contributed by atoms with Gasteiger partial charge >= 0.3 is 0 Å². The lowest BCUT2D eigenvalue weighted by Crippen LogP contribution is -2.42. The molecule has 1 aliphatic rings. The maximum absolute atomic E-state index is 12.0. The SMILES string of the molecule is CC(N)CCC(=O)N1CCC(CN(C)C(C)C)CC1. The number of carbonyl (C=O) groups is 1. The van der Waals surface area contributed by atoms with Gasteiger partial charge in [0.15, 0.2) is 0 Å². The molecule has 112 valence electrons. The van der Waals surface area contributed by atoms with E-state index in [0.29, 0.717) is 12.5 Å². The molecule has 0 saturated carbocycles. The minimum Gasteiger partial charge on any atom is -0.343 e. The van der Waals surface area contributed by atoms with Gasteiger partial charge in [-0.3, -0.25) is 4.79 Å². The van der Waals surface area contributed by atoms with Crippen LogP contribution < -0.4 is 5.73 Å². The fraction of sp³-hybridized carbons (Fsp3) is 0.933. The summed E-state index contributed by atoms with van der Waals surface area (Å²) in [7, 11) is 2.19. The van der Waals surface area contributed by atoms with Crippen molar-refractivity contribution in [2.24, 2.45) is 11.7 Å². The van der Waals surface area contributed by atoms with Crippen molar-refractivity contribution in [1.29, 1.82) is 0 Å². The monoisotopic (exact) mass is 269 g/mol. The zero-order valence-corrected chi connectivity index (χ0v) is 13.1. The van der Waals surface area contributed by atoms with E-state index in [0.717, 1.165) is 44.8 Å². The van der Waals surface area contributed by atoms with E-state index in [9.17, 15) is 4.79 Å². The van der Waals surface area contributed by atoms with Crippen LogP contribution in [0.1, 0.15) is 46.5 Å². The Morgan fingerprint density at radius 1 is 1.32 bits per heavy atom. The Morgan fingerprint density at radius 3 is 2.37 bits per heavy atom. The van der Waals surface area contributed by atoms with Crippen molar-refractivity contribution in [2.75, 3.05) is 26.7 Å². The van der Waals surface area contributed by atoms with Gasteiger partial charge in [0.1, 0.15) is 0 Å². The Morgan fingerprint density at radius 2 is 1.89 bits per heavy atom. The highest BCUT2D eigenvalue weighted by atomic mass is 16.2. The van der Waals surface area contributed by atoms with Crippen LogP contribution in [0.5, 0.6) is 0 Å². The molecule has 1 atom stereocenters. The zero-order valence-electron chi connectivity index (χ0n) is 13.1. The normalized spacial score (nSPS) is 19.2. The predicted molar refractivity (Wildman–Crippen MR) is 80.0 cm³/mol. The minimum atomic E-state index is 0.126. The lowest BCUT2D eigenvalue weighted by Gasteiger charge is -2.35. The molecule has 0 aromatic rings. The van der Waals surface area contributed by atoms with E-state index in [1.54, 1.807) is 0 Å². The van der Waals surface area contributed by atoms with E-state index in [1.807, 2.05) is 11.8 Å². The highest BCUT2D eigenvalue weighted by Gasteiger charge is 2.23. The van der Waals surface area contributed by atoms with Gasteiger partial charge in [-0.1, -0.05) is 0 Å². The molecule has 1 heterocycles. The van der Waals surface area contributed by atoms with Gasteiger partial charge in [0, 0.05) is 38.1 Å². The zero-order chi connectivity index (χ0) is 14.4. The highest BCUT2D eigenvalue weighted by Crippen LogP contribution is 2.19. The third-order valence-corrected chi connectivity index (χ3v) is 4.21. The highest BCUT2D eigenvalue weighted by molar-refractivity contribution is 5.76. The molecule has 0 radical (unpaired) electrons. The quantitative estimate of drug-likeness (QED) is 0.798. The average molecular weight is 269 g/mol. The fourth-order valence-electron chi connectivity index (χ4n) is 2.49. The lowest BCUT2D eigenvalue weighted by atomic mass is 9.95. The van der Waals surface area contributed by atoms with Gasteiger partial charge in [0.2, 0.25) is 5.91 Å². The summed E-state index contributed by atoms with van der Waals surface area (Å²) in [5.74, 6) is 1.03. The summed E-state index contributed by atoms with van der Waals surface area (Å²) in [6, 6.07) is 0.729. The van der Waals surface area contributed by atoms with Crippen molar-refractivity contribution in [3.05, 3.63) is 0 Å². The Hall–Kier alpha value is -0.610. The number of likely N-dealkylation sites (tertiary alicyclic amines) is 1. The van der Waals surface area contributed by atoms with Crippen molar-refractivity contribution in [3.8, 4) is 0 Å². The summed E-state index contributed by atoms with van der Waals surface area (Å²) in [5, 5.41) is 0. The molecule has 0 aliphatic carbocycles. The molecule has 1 saturated heterocycles. The Balaban J connectivity index is 2.26. The average Bonchev–Trinajstić information content (AvgIpc) is 2.36. The molecule has 2 N–H and O–H groups in total. The summed E-state index contributed by atoms with van der Waals surface area (Å²) >= 11 is 0. The molecule has 1 fully saturated rings. The first kappa shape index (κ1) is 16.4. The van der Waals surface area contributed by atoms with Gasteiger partial charge < -0.3 is 15.5 Å².